The summed E-state index contributed by atoms with van der Waals surface area (Å²) in [6.45, 7) is 0. The Labute approximate surface area is 204 Å². The molecule has 6 aromatic rings. The first-order valence-electron chi connectivity index (χ1n) is 10.1. The number of ether oxygens (including phenoxy) is 1. The molecule has 7 heteroatoms. The van der Waals surface area contributed by atoms with Gasteiger partial charge in [0.25, 0.3) is 0 Å². The molecule has 0 atom stereocenters. The third-order valence-corrected chi connectivity index (χ3v) is 5.15. The molecule has 3 heterocycles. The fourth-order valence-corrected chi connectivity index (χ4v) is 3.78. The SMILES string of the molecule is [Pt+2].[c-]1c(Oc2cnccn2)cccc1-c1[c-]c2c(cc1)c1ccccc1n2-c1ncccn1. The molecule has 0 saturated carbocycles. The summed E-state index contributed by atoms with van der Waals surface area (Å²) < 4.78 is 7.84. The molecule has 3 aromatic carbocycles. The van der Waals surface area contributed by atoms with E-state index in [0.29, 0.717) is 17.6 Å². The molecule has 160 valence electrons. The van der Waals surface area contributed by atoms with Gasteiger partial charge in [0.2, 0.25) is 11.8 Å². The Kier molecular flexibility index (Phi) is 5.67. The molecular weight excluding hydrogens is 593 g/mol. The van der Waals surface area contributed by atoms with Crippen LogP contribution in [0, 0.1) is 12.1 Å². The Balaban J connectivity index is 0.00000228. The van der Waals surface area contributed by atoms with E-state index in [1.165, 1.54) is 0 Å². The Morgan fingerprint density at radius 2 is 1.55 bits per heavy atom. The van der Waals surface area contributed by atoms with E-state index in [2.05, 4.69) is 50.3 Å². The average Bonchev–Trinajstić information content (AvgIpc) is 3.19. The maximum Gasteiger partial charge on any atom is 2.00 e. The van der Waals surface area contributed by atoms with Gasteiger partial charge in [-0.05, 0) is 23.0 Å². The van der Waals surface area contributed by atoms with Crippen molar-refractivity contribution in [1.82, 2.24) is 24.5 Å². The third-order valence-electron chi connectivity index (χ3n) is 5.15. The van der Waals surface area contributed by atoms with Gasteiger partial charge in [-0.1, -0.05) is 23.6 Å². The van der Waals surface area contributed by atoms with E-state index in [-0.39, 0.29) is 21.1 Å². The van der Waals surface area contributed by atoms with Gasteiger partial charge in [-0.2, -0.15) is 24.3 Å². The smallest absolute Gasteiger partial charge is 0.459 e. The maximum absolute atomic E-state index is 5.80. The predicted octanol–water partition coefficient (Wildman–Crippen LogP) is 5.42. The maximum atomic E-state index is 5.80. The molecule has 0 aliphatic carbocycles. The van der Waals surface area contributed by atoms with E-state index >= 15 is 0 Å². The zero-order valence-corrected chi connectivity index (χ0v) is 19.4. The van der Waals surface area contributed by atoms with Crippen molar-refractivity contribution in [3.63, 3.8) is 0 Å². The largest absolute Gasteiger partial charge is 2.00 e. The molecule has 0 fully saturated rings. The van der Waals surface area contributed by atoms with Gasteiger partial charge in [0, 0.05) is 36.1 Å². The van der Waals surface area contributed by atoms with Crippen molar-refractivity contribution in [1.29, 1.82) is 0 Å². The Morgan fingerprint density at radius 3 is 2.39 bits per heavy atom. The molecule has 0 aliphatic rings. The first kappa shape index (κ1) is 21.0. The zero-order chi connectivity index (χ0) is 21.3. The molecule has 0 saturated heterocycles. The van der Waals surface area contributed by atoms with E-state index in [1.54, 1.807) is 31.0 Å². The molecule has 0 aliphatic heterocycles. The van der Waals surface area contributed by atoms with Crippen LogP contribution in [0.1, 0.15) is 0 Å². The number of nitrogens with zero attached hydrogens (tertiary/aromatic N) is 5. The Bertz CT molecular complexity index is 1550. The third kappa shape index (κ3) is 3.90. The van der Waals surface area contributed by atoms with Gasteiger partial charge in [0.05, 0.1) is 6.20 Å². The van der Waals surface area contributed by atoms with Crippen molar-refractivity contribution >= 4 is 21.8 Å². The van der Waals surface area contributed by atoms with E-state index in [1.807, 2.05) is 47.0 Å². The molecule has 3 aromatic heterocycles. The number of rotatable bonds is 4. The van der Waals surface area contributed by atoms with E-state index < -0.39 is 0 Å². The molecule has 0 bridgehead atoms. The second-order valence-corrected chi connectivity index (χ2v) is 7.11. The van der Waals surface area contributed by atoms with Crippen LogP contribution in [0.25, 0.3) is 38.9 Å². The normalized spacial score (nSPS) is 10.8. The number of benzene rings is 3. The zero-order valence-electron chi connectivity index (χ0n) is 17.1. The van der Waals surface area contributed by atoms with Crippen molar-refractivity contribution in [3.05, 3.63) is 104 Å². The fraction of sp³-hybridized carbons (Fsp3) is 0. The number of hydrogen-bond donors (Lipinski definition) is 0. The van der Waals surface area contributed by atoms with Gasteiger partial charge in [-0.15, -0.1) is 18.2 Å². The molecule has 6 nitrogen and oxygen atoms in total. The molecular formula is C26H15N5OPt. The van der Waals surface area contributed by atoms with E-state index in [9.17, 15) is 0 Å². The van der Waals surface area contributed by atoms with Crippen molar-refractivity contribution in [2.45, 2.75) is 0 Å². The number of aromatic nitrogens is 5. The minimum atomic E-state index is 0. The van der Waals surface area contributed by atoms with Crippen molar-refractivity contribution in [2.75, 3.05) is 0 Å². The Hall–Kier alpha value is -3.89. The summed E-state index contributed by atoms with van der Waals surface area (Å²) in [6, 6.07) is 26.8. The number of hydrogen-bond acceptors (Lipinski definition) is 5. The van der Waals surface area contributed by atoms with Gasteiger partial charge in [0.15, 0.2) is 0 Å². The second-order valence-electron chi connectivity index (χ2n) is 7.11. The topological polar surface area (TPSA) is 65.7 Å². The molecule has 33 heavy (non-hydrogen) atoms. The molecule has 6 rings (SSSR count). The van der Waals surface area contributed by atoms with Crippen LogP contribution < -0.4 is 4.74 Å². The minimum Gasteiger partial charge on any atom is -0.459 e. The van der Waals surface area contributed by atoms with Crippen LogP contribution in [0.3, 0.4) is 0 Å². The van der Waals surface area contributed by atoms with Gasteiger partial charge in [-0.25, -0.2) is 26.1 Å². The summed E-state index contributed by atoms with van der Waals surface area (Å²) in [6.07, 6.45) is 8.25. The van der Waals surface area contributed by atoms with Crippen molar-refractivity contribution < 1.29 is 25.8 Å². The van der Waals surface area contributed by atoms with Gasteiger partial charge < -0.3 is 4.74 Å². The summed E-state index contributed by atoms with van der Waals surface area (Å²) in [5, 5.41) is 2.21. The molecule has 0 radical (unpaired) electrons. The number of para-hydroxylation sites is 1. The van der Waals surface area contributed by atoms with Crippen LogP contribution >= 0.6 is 0 Å². The van der Waals surface area contributed by atoms with Crippen molar-refractivity contribution in [3.8, 4) is 28.7 Å². The minimum absolute atomic E-state index is 0. The summed E-state index contributed by atoms with van der Waals surface area (Å²) in [5.41, 5.74) is 3.69. The average molecular weight is 609 g/mol. The monoisotopic (exact) mass is 608 g/mol. The predicted molar refractivity (Wildman–Crippen MR) is 122 cm³/mol. The van der Waals surface area contributed by atoms with Gasteiger partial charge in [0.1, 0.15) is 0 Å². The molecule has 0 spiro atoms. The van der Waals surface area contributed by atoms with Crippen LogP contribution in [0.15, 0.2) is 91.6 Å². The van der Waals surface area contributed by atoms with Crippen LogP contribution in [-0.2, 0) is 21.1 Å². The van der Waals surface area contributed by atoms with Crippen LogP contribution in [0.5, 0.6) is 11.6 Å². The quantitative estimate of drug-likeness (QED) is 0.250. The van der Waals surface area contributed by atoms with Crippen LogP contribution in [0.2, 0.25) is 0 Å². The molecule has 0 N–H and O–H groups in total. The summed E-state index contributed by atoms with van der Waals surface area (Å²) in [4.78, 5) is 17.1. The van der Waals surface area contributed by atoms with E-state index in [4.69, 9.17) is 4.74 Å². The van der Waals surface area contributed by atoms with Gasteiger partial charge >= 0.3 is 21.1 Å². The standard InChI is InChI=1S/C26H15N5O.Pt/c1-2-8-23-21(7-1)22-10-9-19(16-24(22)31(23)26-29-11-4-12-30-26)18-5-3-6-20(15-18)32-25-17-27-13-14-28-25;/h1-14,17H;/q-2;+2. The number of fused-ring (bicyclic) bond motifs is 3. The Morgan fingerprint density at radius 1 is 0.697 bits per heavy atom. The van der Waals surface area contributed by atoms with Crippen molar-refractivity contribution in [2.24, 2.45) is 0 Å². The first-order chi connectivity index (χ1) is 15.9. The summed E-state index contributed by atoms with van der Waals surface area (Å²) in [7, 11) is 0. The molecule has 0 amide bonds. The summed E-state index contributed by atoms with van der Waals surface area (Å²) >= 11 is 0. The first-order valence-corrected chi connectivity index (χ1v) is 10.1. The van der Waals surface area contributed by atoms with Crippen LogP contribution in [0.4, 0.5) is 0 Å². The second kappa shape index (κ2) is 8.92. The van der Waals surface area contributed by atoms with E-state index in [0.717, 1.165) is 32.9 Å². The van der Waals surface area contributed by atoms with Gasteiger partial charge in [-0.3, -0.25) is 9.55 Å². The fourth-order valence-electron chi connectivity index (χ4n) is 3.78. The molecule has 0 unspecified atom stereocenters. The van der Waals surface area contributed by atoms with Crippen LogP contribution in [-0.4, -0.2) is 24.5 Å². The summed E-state index contributed by atoms with van der Waals surface area (Å²) in [5.74, 6) is 1.58.